The van der Waals surface area contributed by atoms with Crippen molar-refractivity contribution in [3.05, 3.63) is 152 Å². The molecule has 0 radical (unpaired) electrons. The van der Waals surface area contributed by atoms with Crippen LogP contribution in [0.25, 0.3) is 21.8 Å². The van der Waals surface area contributed by atoms with E-state index in [1.54, 1.807) is 60.7 Å². The predicted octanol–water partition coefficient (Wildman–Crippen LogP) is 5.56. The zero-order chi connectivity index (χ0) is 47.6. The third-order valence-corrected chi connectivity index (χ3v) is 11.5. The van der Waals surface area contributed by atoms with Crippen molar-refractivity contribution in [2.24, 2.45) is 0 Å². The van der Waals surface area contributed by atoms with Gasteiger partial charge in [-0.3, -0.25) is 39.6 Å². The Balaban J connectivity index is 0.000000196. The summed E-state index contributed by atoms with van der Waals surface area (Å²) < 4.78 is 88.8. The number of alkyl halides is 6. The van der Waals surface area contributed by atoms with Crippen LogP contribution >= 0.6 is 0 Å². The van der Waals surface area contributed by atoms with Crippen LogP contribution in [-0.2, 0) is 33.9 Å². The number of aliphatic hydroxyl groups is 2. The van der Waals surface area contributed by atoms with Crippen molar-refractivity contribution < 1.29 is 56.0 Å². The molecule has 2 aromatic heterocycles. The summed E-state index contributed by atoms with van der Waals surface area (Å²) in [6.45, 7) is -1.27. The van der Waals surface area contributed by atoms with Crippen LogP contribution < -0.4 is 10.6 Å². The van der Waals surface area contributed by atoms with Crippen LogP contribution in [0.15, 0.2) is 109 Å². The first-order valence-electron chi connectivity index (χ1n) is 20.4. The van der Waals surface area contributed by atoms with Crippen molar-refractivity contribution in [2.75, 3.05) is 52.4 Å². The number of nitro groups is 2. The fraction of sp³-hybridized carbons (Fsp3) is 0.318. The van der Waals surface area contributed by atoms with Crippen LogP contribution in [-0.4, -0.2) is 116 Å². The molecule has 2 aliphatic rings. The first kappa shape index (κ1) is 47.1. The molecule has 8 rings (SSSR count). The molecule has 4 aromatic carbocycles. The second kappa shape index (κ2) is 18.5. The summed E-state index contributed by atoms with van der Waals surface area (Å²) in [7, 11) is 0. The molecule has 0 aliphatic carbocycles. The van der Waals surface area contributed by atoms with Gasteiger partial charge in [0.1, 0.15) is 0 Å². The van der Waals surface area contributed by atoms with Gasteiger partial charge in [0.25, 0.3) is 11.4 Å². The van der Waals surface area contributed by atoms with Gasteiger partial charge in [0.2, 0.25) is 23.0 Å². The Morgan fingerprint density at radius 3 is 1.26 bits per heavy atom. The zero-order valence-electron chi connectivity index (χ0n) is 34.8. The lowest BCUT2D eigenvalue weighted by Crippen LogP contribution is -2.56. The van der Waals surface area contributed by atoms with E-state index in [0.29, 0.717) is 0 Å². The first-order chi connectivity index (χ1) is 31.2. The number of β-amino-alcohol motifs (C(OH)–C–C–N with tert-alkyl or cyclic N) is 2. The summed E-state index contributed by atoms with van der Waals surface area (Å²) in [6.07, 6.45) is -7.74. The number of non-ortho nitro benzene ring substituents is 2. The van der Waals surface area contributed by atoms with Crippen molar-refractivity contribution in [3.8, 4) is 0 Å². The quantitative estimate of drug-likeness (QED) is 0.0685. The van der Waals surface area contributed by atoms with Crippen LogP contribution in [0.2, 0.25) is 0 Å². The number of fused-ring (bicyclic) bond motifs is 2. The van der Waals surface area contributed by atoms with Crippen molar-refractivity contribution in [1.29, 1.82) is 0 Å². The van der Waals surface area contributed by atoms with E-state index in [0.717, 1.165) is 23.3 Å². The molecule has 0 spiro atoms. The molecule has 4 N–H and O–H groups in total. The number of hydrogen-bond acceptors (Lipinski definition) is 10. The Hall–Kier alpha value is -6.88. The number of halogens is 6. The number of piperazine rings is 2. The molecule has 6 aromatic rings. The molecule has 16 nitrogen and oxygen atoms in total. The van der Waals surface area contributed by atoms with Gasteiger partial charge in [-0.2, -0.15) is 26.3 Å². The first-order valence-corrected chi connectivity index (χ1v) is 20.4. The van der Waals surface area contributed by atoms with Gasteiger partial charge in [0.15, 0.2) is 0 Å². The number of nitrogens with zero attached hydrogens (tertiary/aromatic N) is 6. The molecule has 2 aliphatic heterocycles. The lowest BCUT2D eigenvalue weighted by atomic mass is 9.91. The normalized spacial score (nSPS) is 17.0. The molecule has 0 bridgehead atoms. The second-order valence-corrected chi connectivity index (χ2v) is 16.1. The van der Waals surface area contributed by atoms with E-state index < -0.39 is 69.4 Å². The van der Waals surface area contributed by atoms with Crippen molar-refractivity contribution in [3.63, 3.8) is 0 Å². The summed E-state index contributed by atoms with van der Waals surface area (Å²) in [5, 5.41) is 49.9. The molecule has 22 heteroatoms. The lowest BCUT2D eigenvalue weighted by Gasteiger charge is -2.37. The van der Waals surface area contributed by atoms with Gasteiger partial charge in [-0.15, -0.1) is 0 Å². The highest BCUT2D eigenvalue weighted by Gasteiger charge is 2.58. The van der Waals surface area contributed by atoms with Gasteiger partial charge in [-0.1, -0.05) is 60.7 Å². The van der Waals surface area contributed by atoms with Crippen LogP contribution in [0, 0.1) is 20.2 Å². The van der Waals surface area contributed by atoms with E-state index in [2.05, 4.69) is 10.6 Å². The Bertz CT molecular complexity index is 2580. The fourth-order valence-corrected chi connectivity index (χ4v) is 8.22. The highest BCUT2D eigenvalue weighted by molar-refractivity contribution is 5.88. The number of hydrogen-bond donors (Lipinski definition) is 4. The van der Waals surface area contributed by atoms with Crippen LogP contribution in [0.1, 0.15) is 22.3 Å². The Morgan fingerprint density at radius 1 is 0.576 bits per heavy atom. The maximum atomic E-state index is 14.3. The largest absolute Gasteiger partial charge is 0.422 e. The summed E-state index contributed by atoms with van der Waals surface area (Å²) >= 11 is 0. The fourth-order valence-electron chi connectivity index (χ4n) is 8.22. The smallest absolute Gasteiger partial charge is 0.375 e. The van der Waals surface area contributed by atoms with Gasteiger partial charge in [-0.05, 0) is 23.3 Å². The summed E-state index contributed by atoms with van der Waals surface area (Å²) in [5.74, 6) is -0.846. The standard InChI is InChI=1S/2C22H21F3N4O4/c2*23-22(24,25)21(31,14-27-9-8-26-20(30)13-27)18-12-28(11-15-4-2-1-3-5-15)19-10-16(29(32)33)6-7-17(18)19/h2*1-7,10,12,31H,8-9,11,13-14H2,(H,26,30). The molecule has 348 valence electrons. The van der Waals surface area contributed by atoms with E-state index in [9.17, 15) is 66.4 Å². The molecular weight excluding hydrogens is 883 g/mol. The van der Waals surface area contributed by atoms with Gasteiger partial charge >= 0.3 is 12.4 Å². The topological polar surface area (TPSA) is 201 Å². The lowest BCUT2D eigenvalue weighted by molar-refractivity contribution is -0.384. The van der Waals surface area contributed by atoms with Gasteiger partial charge < -0.3 is 30.0 Å². The van der Waals surface area contributed by atoms with Gasteiger partial charge in [0, 0.05) is 111 Å². The van der Waals surface area contributed by atoms with Crippen molar-refractivity contribution >= 4 is 45.0 Å². The minimum Gasteiger partial charge on any atom is -0.375 e. The highest BCUT2D eigenvalue weighted by Crippen LogP contribution is 2.45. The summed E-state index contributed by atoms with van der Waals surface area (Å²) in [5.41, 5.74) is -6.02. The molecule has 2 unspecified atom stereocenters. The number of aromatic nitrogens is 2. The van der Waals surface area contributed by atoms with Crippen LogP contribution in [0.4, 0.5) is 37.7 Å². The molecule has 2 saturated heterocycles. The average molecular weight is 925 g/mol. The molecule has 66 heavy (non-hydrogen) atoms. The zero-order valence-corrected chi connectivity index (χ0v) is 34.8. The van der Waals surface area contributed by atoms with E-state index in [1.165, 1.54) is 55.6 Å². The van der Waals surface area contributed by atoms with E-state index >= 15 is 0 Å². The third kappa shape index (κ3) is 9.85. The van der Waals surface area contributed by atoms with Crippen LogP contribution in [0.5, 0.6) is 0 Å². The van der Waals surface area contributed by atoms with Gasteiger partial charge in [-0.25, -0.2) is 0 Å². The molecule has 2 atom stereocenters. The maximum Gasteiger partial charge on any atom is 0.422 e. The Labute approximate surface area is 370 Å². The van der Waals surface area contributed by atoms with Gasteiger partial charge in [0.05, 0.1) is 34.0 Å². The van der Waals surface area contributed by atoms with Crippen molar-refractivity contribution in [1.82, 2.24) is 29.6 Å². The molecule has 4 heterocycles. The molecule has 2 fully saturated rings. The summed E-state index contributed by atoms with van der Waals surface area (Å²) in [4.78, 5) is 47.2. The maximum absolute atomic E-state index is 14.3. The number of benzene rings is 4. The minimum atomic E-state index is -5.06. The Kier molecular flexibility index (Phi) is 13.2. The molecule has 0 saturated carbocycles. The SMILES string of the molecule is O=C1CN(CC(O)(c2cn(Cc3ccccc3)c3cc([N+](=O)[O-])ccc23)C(F)(F)F)CCN1.O=C1CN(CC(O)(c2cn(Cc3ccccc3)c3cc([N+](=O)[O-])ccc23)C(F)(F)F)CCN1. The number of carbonyl (C=O) groups excluding carboxylic acids is 2. The monoisotopic (exact) mass is 924 g/mol. The average Bonchev–Trinajstić information content (AvgIpc) is 3.81. The molecular formula is C44H42F6N8O8. The predicted molar refractivity (Wildman–Crippen MR) is 227 cm³/mol. The molecule has 2 amide bonds. The number of nitro benzene ring substituents is 2. The second-order valence-electron chi connectivity index (χ2n) is 16.1. The number of rotatable bonds is 12. The number of carbonyl (C=O) groups is 2. The third-order valence-electron chi connectivity index (χ3n) is 11.5. The minimum absolute atomic E-state index is 0.0535. The van der Waals surface area contributed by atoms with E-state index in [4.69, 9.17) is 0 Å². The van der Waals surface area contributed by atoms with E-state index in [1.807, 2.05) is 0 Å². The highest BCUT2D eigenvalue weighted by atomic mass is 19.4. The Morgan fingerprint density at radius 2 is 0.939 bits per heavy atom. The number of nitrogens with one attached hydrogen (secondary N) is 2. The van der Waals surface area contributed by atoms with E-state index in [-0.39, 0.29) is 85.5 Å². The van der Waals surface area contributed by atoms with Crippen LogP contribution in [0.3, 0.4) is 0 Å². The van der Waals surface area contributed by atoms with Crippen molar-refractivity contribution in [2.45, 2.75) is 36.6 Å². The number of amides is 2. The summed E-state index contributed by atoms with van der Waals surface area (Å²) in [6, 6.07) is 24.9.